The first-order valence-corrected chi connectivity index (χ1v) is 8.04. The first-order chi connectivity index (χ1) is 11.2. The van der Waals surface area contributed by atoms with Crippen molar-refractivity contribution < 1.29 is 9.53 Å². The van der Waals surface area contributed by atoms with E-state index < -0.39 is 0 Å². The summed E-state index contributed by atoms with van der Waals surface area (Å²) in [6.07, 6.45) is 1.72. The van der Waals surface area contributed by atoms with E-state index in [2.05, 4.69) is 12.1 Å². The van der Waals surface area contributed by atoms with Crippen LogP contribution in [0.3, 0.4) is 0 Å². The number of carbonyl (C=O) groups excluding carboxylic acids is 1. The van der Waals surface area contributed by atoms with Crippen LogP contribution < -0.4 is 10.5 Å². The summed E-state index contributed by atoms with van der Waals surface area (Å²) >= 11 is 0. The molecule has 0 aromatic heterocycles. The van der Waals surface area contributed by atoms with Crippen LogP contribution in [0.1, 0.15) is 22.3 Å². The Kier molecular flexibility index (Phi) is 4.93. The standard InChI is InChI=1S/C19H22N2O2/c20-17-9-11-21(14-17)19(22)16-7-4-8-18(13-16)23-12-10-15-5-2-1-3-6-15/h1-8,13,17H,9-12,14,20H2/t17-/m0/s1. The van der Waals surface area contributed by atoms with Gasteiger partial charge < -0.3 is 15.4 Å². The van der Waals surface area contributed by atoms with Gasteiger partial charge in [0.15, 0.2) is 0 Å². The highest BCUT2D eigenvalue weighted by Crippen LogP contribution is 2.18. The van der Waals surface area contributed by atoms with E-state index in [0.29, 0.717) is 18.7 Å². The SMILES string of the molecule is N[C@H]1CCN(C(=O)c2cccc(OCCc3ccccc3)c2)C1. The second-order valence-corrected chi connectivity index (χ2v) is 5.91. The average molecular weight is 310 g/mol. The molecule has 120 valence electrons. The number of nitrogens with two attached hydrogens (primary N) is 1. The zero-order valence-corrected chi connectivity index (χ0v) is 13.2. The molecule has 1 atom stereocenters. The molecule has 1 heterocycles. The zero-order chi connectivity index (χ0) is 16.1. The van der Waals surface area contributed by atoms with E-state index in [1.807, 2.05) is 47.4 Å². The average Bonchev–Trinajstić information content (AvgIpc) is 3.02. The van der Waals surface area contributed by atoms with E-state index >= 15 is 0 Å². The lowest BCUT2D eigenvalue weighted by Gasteiger charge is -2.16. The molecule has 4 heteroatoms. The van der Waals surface area contributed by atoms with E-state index in [4.69, 9.17) is 10.5 Å². The van der Waals surface area contributed by atoms with Gasteiger partial charge in [-0.1, -0.05) is 36.4 Å². The van der Waals surface area contributed by atoms with Gasteiger partial charge in [-0.15, -0.1) is 0 Å². The molecule has 2 aromatic carbocycles. The summed E-state index contributed by atoms with van der Waals surface area (Å²) in [5.74, 6) is 0.765. The number of hydrogen-bond acceptors (Lipinski definition) is 3. The summed E-state index contributed by atoms with van der Waals surface area (Å²) in [4.78, 5) is 14.3. The molecule has 0 spiro atoms. The molecular weight excluding hydrogens is 288 g/mol. The third-order valence-electron chi connectivity index (χ3n) is 4.10. The number of carbonyl (C=O) groups is 1. The second-order valence-electron chi connectivity index (χ2n) is 5.91. The van der Waals surface area contributed by atoms with E-state index in [-0.39, 0.29) is 11.9 Å². The Morgan fingerprint density at radius 1 is 1.17 bits per heavy atom. The largest absolute Gasteiger partial charge is 0.493 e. The second kappa shape index (κ2) is 7.29. The molecule has 3 rings (SSSR count). The van der Waals surface area contributed by atoms with Crippen LogP contribution in [0.4, 0.5) is 0 Å². The van der Waals surface area contributed by atoms with Crippen LogP contribution in [-0.2, 0) is 6.42 Å². The molecule has 1 fully saturated rings. The predicted octanol–water partition coefficient (Wildman–Crippen LogP) is 2.48. The highest BCUT2D eigenvalue weighted by molar-refractivity contribution is 5.94. The molecule has 0 saturated carbocycles. The minimum Gasteiger partial charge on any atom is -0.493 e. The van der Waals surface area contributed by atoms with Gasteiger partial charge in [-0.25, -0.2) is 0 Å². The van der Waals surface area contributed by atoms with Crippen molar-refractivity contribution in [2.75, 3.05) is 19.7 Å². The Labute approximate surface area is 136 Å². The van der Waals surface area contributed by atoms with Gasteiger partial charge in [0.1, 0.15) is 5.75 Å². The van der Waals surface area contributed by atoms with Crippen molar-refractivity contribution in [2.45, 2.75) is 18.9 Å². The molecule has 2 N–H and O–H groups in total. The van der Waals surface area contributed by atoms with E-state index in [1.165, 1.54) is 5.56 Å². The first-order valence-electron chi connectivity index (χ1n) is 8.04. The van der Waals surface area contributed by atoms with Crippen LogP contribution in [0.5, 0.6) is 5.75 Å². The minimum atomic E-state index is 0.0338. The lowest BCUT2D eigenvalue weighted by atomic mass is 10.1. The summed E-state index contributed by atoms with van der Waals surface area (Å²) < 4.78 is 5.79. The van der Waals surface area contributed by atoms with Crippen molar-refractivity contribution >= 4 is 5.91 Å². The summed E-state index contributed by atoms with van der Waals surface area (Å²) in [5, 5.41) is 0. The molecule has 0 radical (unpaired) electrons. The topological polar surface area (TPSA) is 55.6 Å². The van der Waals surface area contributed by atoms with Crippen LogP contribution in [0.2, 0.25) is 0 Å². The molecule has 1 aliphatic rings. The van der Waals surface area contributed by atoms with E-state index in [1.54, 1.807) is 0 Å². The number of rotatable bonds is 5. The molecule has 1 aliphatic heterocycles. The van der Waals surface area contributed by atoms with Gasteiger partial charge in [-0.2, -0.15) is 0 Å². The van der Waals surface area contributed by atoms with Crippen molar-refractivity contribution in [3.63, 3.8) is 0 Å². The van der Waals surface area contributed by atoms with Crippen molar-refractivity contribution in [3.8, 4) is 5.75 Å². The van der Waals surface area contributed by atoms with Crippen LogP contribution in [0, 0.1) is 0 Å². The Balaban J connectivity index is 1.58. The van der Waals surface area contributed by atoms with Gasteiger partial charge in [0, 0.05) is 31.1 Å². The fraction of sp³-hybridized carbons (Fsp3) is 0.316. The lowest BCUT2D eigenvalue weighted by molar-refractivity contribution is 0.0790. The Morgan fingerprint density at radius 3 is 2.74 bits per heavy atom. The predicted molar refractivity (Wildman–Crippen MR) is 90.6 cm³/mol. The number of amides is 1. The summed E-state index contributed by atoms with van der Waals surface area (Å²) in [6, 6.07) is 17.7. The van der Waals surface area contributed by atoms with Crippen molar-refractivity contribution in [3.05, 3.63) is 65.7 Å². The van der Waals surface area contributed by atoms with E-state index in [0.717, 1.165) is 25.1 Å². The number of nitrogens with zero attached hydrogens (tertiary/aromatic N) is 1. The van der Waals surface area contributed by atoms with Crippen molar-refractivity contribution in [1.29, 1.82) is 0 Å². The van der Waals surface area contributed by atoms with Gasteiger partial charge in [0.2, 0.25) is 0 Å². The highest BCUT2D eigenvalue weighted by atomic mass is 16.5. The Bertz CT molecular complexity index is 657. The molecule has 1 saturated heterocycles. The monoisotopic (exact) mass is 310 g/mol. The molecule has 0 unspecified atom stereocenters. The highest BCUT2D eigenvalue weighted by Gasteiger charge is 2.24. The molecule has 1 amide bonds. The van der Waals surface area contributed by atoms with Gasteiger partial charge in [-0.3, -0.25) is 4.79 Å². The number of hydrogen-bond donors (Lipinski definition) is 1. The first kappa shape index (κ1) is 15.6. The molecule has 23 heavy (non-hydrogen) atoms. The molecule has 4 nitrogen and oxygen atoms in total. The van der Waals surface area contributed by atoms with Crippen LogP contribution in [0.25, 0.3) is 0 Å². The van der Waals surface area contributed by atoms with Gasteiger partial charge in [-0.05, 0) is 30.2 Å². The maximum atomic E-state index is 12.5. The molecule has 0 bridgehead atoms. The molecule has 0 aliphatic carbocycles. The quantitative estimate of drug-likeness (QED) is 0.923. The van der Waals surface area contributed by atoms with E-state index in [9.17, 15) is 4.79 Å². The number of likely N-dealkylation sites (tertiary alicyclic amines) is 1. The number of ether oxygens (including phenoxy) is 1. The normalized spacial score (nSPS) is 17.3. The third kappa shape index (κ3) is 4.11. The third-order valence-corrected chi connectivity index (χ3v) is 4.10. The van der Waals surface area contributed by atoms with Crippen molar-refractivity contribution in [1.82, 2.24) is 4.90 Å². The number of benzene rings is 2. The summed E-state index contributed by atoms with van der Waals surface area (Å²) in [6.45, 7) is 1.97. The van der Waals surface area contributed by atoms with Crippen LogP contribution >= 0.6 is 0 Å². The van der Waals surface area contributed by atoms with Crippen LogP contribution in [-0.4, -0.2) is 36.5 Å². The Hall–Kier alpha value is -2.33. The zero-order valence-electron chi connectivity index (χ0n) is 13.2. The van der Waals surface area contributed by atoms with Gasteiger partial charge in [0.05, 0.1) is 6.61 Å². The van der Waals surface area contributed by atoms with Crippen LogP contribution in [0.15, 0.2) is 54.6 Å². The maximum Gasteiger partial charge on any atom is 0.254 e. The fourth-order valence-corrected chi connectivity index (χ4v) is 2.80. The molecule has 2 aromatic rings. The lowest BCUT2D eigenvalue weighted by Crippen LogP contribution is -2.31. The molecular formula is C19H22N2O2. The smallest absolute Gasteiger partial charge is 0.254 e. The maximum absolute atomic E-state index is 12.5. The van der Waals surface area contributed by atoms with Crippen molar-refractivity contribution in [2.24, 2.45) is 5.73 Å². The van der Waals surface area contributed by atoms with Gasteiger partial charge >= 0.3 is 0 Å². The minimum absolute atomic E-state index is 0.0338. The Morgan fingerprint density at radius 2 is 2.00 bits per heavy atom. The fourth-order valence-electron chi connectivity index (χ4n) is 2.80. The summed E-state index contributed by atoms with van der Waals surface area (Å²) in [5.41, 5.74) is 7.78. The van der Waals surface area contributed by atoms with Gasteiger partial charge in [0.25, 0.3) is 5.91 Å². The summed E-state index contributed by atoms with van der Waals surface area (Å²) in [7, 11) is 0.